The van der Waals surface area contributed by atoms with Crippen molar-refractivity contribution in [2.75, 3.05) is 31.9 Å². The lowest BCUT2D eigenvalue weighted by atomic mass is 10.0. The van der Waals surface area contributed by atoms with E-state index < -0.39 is 0 Å². The number of hydrogen-bond donors (Lipinski definition) is 1. The molecule has 2 aliphatic rings. The van der Waals surface area contributed by atoms with Gasteiger partial charge in [-0.3, -0.25) is 0 Å². The van der Waals surface area contributed by atoms with Gasteiger partial charge >= 0.3 is 0 Å². The van der Waals surface area contributed by atoms with Gasteiger partial charge in [-0.2, -0.15) is 11.8 Å². The van der Waals surface area contributed by atoms with Crippen molar-refractivity contribution in [3.8, 4) is 0 Å². The summed E-state index contributed by atoms with van der Waals surface area (Å²) in [5.74, 6) is 2.21. The molecule has 1 saturated carbocycles. The zero-order chi connectivity index (χ0) is 13.0. The Morgan fingerprint density at radius 2 is 2.11 bits per heavy atom. The molecule has 2 fully saturated rings. The van der Waals surface area contributed by atoms with Crippen LogP contribution in [-0.2, 0) is 0 Å². The molecule has 106 valence electrons. The second kappa shape index (κ2) is 6.62. The van der Waals surface area contributed by atoms with Gasteiger partial charge in [0.2, 0.25) is 0 Å². The lowest BCUT2D eigenvalue weighted by Gasteiger charge is -2.28. The van der Waals surface area contributed by atoms with Crippen molar-refractivity contribution in [3.05, 3.63) is 0 Å². The SMILES string of the molecule is CCNC1CCCC1CN1CCSC(C)(C)CC1. The fraction of sp³-hybridized carbons (Fsp3) is 1.00. The molecule has 0 radical (unpaired) electrons. The molecule has 1 N–H and O–H groups in total. The smallest absolute Gasteiger partial charge is 0.0116 e. The quantitative estimate of drug-likeness (QED) is 0.845. The summed E-state index contributed by atoms with van der Waals surface area (Å²) in [5.41, 5.74) is 0. The molecule has 0 bridgehead atoms. The first-order valence-electron chi connectivity index (χ1n) is 7.70. The van der Waals surface area contributed by atoms with Gasteiger partial charge in [0.1, 0.15) is 0 Å². The molecular weight excluding hydrogens is 240 g/mol. The molecule has 3 heteroatoms. The zero-order valence-electron chi connectivity index (χ0n) is 12.4. The van der Waals surface area contributed by atoms with Gasteiger partial charge in [0, 0.05) is 29.6 Å². The Kier molecular flexibility index (Phi) is 5.40. The molecule has 0 aromatic rings. The van der Waals surface area contributed by atoms with Gasteiger partial charge in [-0.05, 0) is 38.3 Å². The minimum Gasteiger partial charge on any atom is -0.314 e. The Morgan fingerprint density at radius 3 is 2.89 bits per heavy atom. The molecule has 2 nitrogen and oxygen atoms in total. The molecule has 1 aliphatic heterocycles. The summed E-state index contributed by atoms with van der Waals surface area (Å²) in [5, 5.41) is 3.68. The molecule has 2 rings (SSSR count). The second-order valence-corrected chi connectivity index (χ2v) is 8.32. The molecular formula is C15H30N2S. The van der Waals surface area contributed by atoms with Gasteiger partial charge in [0.25, 0.3) is 0 Å². The summed E-state index contributed by atoms with van der Waals surface area (Å²) in [6.07, 6.45) is 5.60. The van der Waals surface area contributed by atoms with Gasteiger partial charge in [0.05, 0.1) is 0 Å². The minimum atomic E-state index is 0.492. The number of rotatable bonds is 4. The standard InChI is InChI=1S/C15H30N2S/c1-4-16-14-7-5-6-13(14)12-17-9-8-15(2,3)18-11-10-17/h13-14,16H,4-12H2,1-3H3. The molecule has 1 aliphatic carbocycles. The molecule has 18 heavy (non-hydrogen) atoms. The number of thioether (sulfide) groups is 1. The van der Waals surface area contributed by atoms with Crippen LogP contribution in [0.15, 0.2) is 0 Å². The summed E-state index contributed by atoms with van der Waals surface area (Å²) >= 11 is 2.16. The molecule has 1 heterocycles. The third-order valence-corrected chi connectivity index (χ3v) is 5.92. The predicted molar refractivity (Wildman–Crippen MR) is 82.4 cm³/mol. The largest absolute Gasteiger partial charge is 0.314 e. The lowest BCUT2D eigenvalue weighted by Crippen LogP contribution is -2.40. The topological polar surface area (TPSA) is 15.3 Å². The lowest BCUT2D eigenvalue weighted by molar-refractivity contribution is 0.221. The summed E-state index contributed by atoms with van der Waals surface area (Å²) in [4.78, 5) is 2.72. The van der Waals surface area contributed by atoms with E-state index in [2.05, 4.69) is 42.7 Å². The van der Waals surface area contributed by atoms with Crippen LogP contribution in [0.2, 0.25) is 0 Å². The maximum absolute atomic E-state index is 3.68. The van der Waals surface area contributed by atoms with Crippen molar-refractivity contribution in [1.82, 2.24) is 10.2 Å². The highest BCUT2D eigenvalue weighted by Crippen LogP contribution is 2.32. The minimum absolute atomic E-state index is 0.492. The fourth-order valence-electron chi connectivity index (χ4n) is 3.36. The van der Waals surface area contributed by atoms with Crippen LogP contribution in [0, 0.1) is 5.92 Å². The maximum Gasteiger partial charge on any atom is 0.0116 e. The van der Waals surface area contributed by atoms with Crippen molar-refractivity contribution in [3.63, 3.8) is 0 Å². The van der Waals surface area contributed by atoms with Gasteiger partial charge in [-0.15, -0.1) is 0 Å². The fourth-order valence-corrected chi connectivity index (χ4v) is 4.50. The predicted octanol–water partition coefficient (Wildman–Crippen LogP) is 2.98. The maximum atomic E-state index is 3.68. The normalized spacial score (nSPS) is 33.5. The number of hydrogen-bond acceptors (Lipinski definition) is 3. The van der Waals surface area contributed by atoms with Crippen molar-refractivity contribution in [2.45, 2.75) is 57.2 Å². The van der Waals surface area contributed by atoms with Crippen LogP contribution in [-0.4, -0.2) is 47.6 Å². The average Bonchev–Trinajstić information content (AvgIpc) is 2.66. The molecule has 1 saturated heterocycles. The van der Waals surface area contributed by atoms with Crippen LogP contribution in [0.3, 0.4) is 0 Å². The van der Waals surface area contributed by atoms with Gasteiger partial charge < -0.3 is 10.2 Å². The van der Waals surface area contributed by atoms with Crippen molar-refractivity contribution < 1.29 is 0 Å². The first-order valence-corrected chi connectivity index (χ1v) is 8.69. The van der Waals surface area contributed by atoms with Crippen LogP contribution in [0.5, 0.6) is 0 Å². The van der Waals surface area contributed by atoms with Crippen molar-refractivity contribution in [1.29, 1.82) is 0 Å². The molecule has 0 aromatic heterocycles. The monoisotopic (exact) mass is 270 g/mol. The van der Waals surface area contributed by atoms with Gasteiger partial charge in [-0.1, -0.05) is 27.2 Å². The third-order valence-electron chi connectivity index (χ3n) is 4.55. The van der Waals surface area contributed by atoms with Crippen LogP contribution in [0.4, 0.5) is 0 Å². The van der Waals surface area contributed by atoms with E-state index in [1.54, 1.807) is 0 Å². The van der Waals surface area contributed by atoms with Gasteiger partial charge in [-0.25, -0.2) is 0 Å². The molecule has 2 unspecified atom stereocenters. The van der Waals surface area contributed by atoms with Crippen LogP contribution in [0.25, 0.3) is 0 Å². The van der Waals surface area contributed by atoms with E-state index in [4.69, 9.17) is 0 Å². The molecule has 0 spiro atoms. The van der Waals surface area contributed by atoms with Gasteiger partial charge in [0.15, 0.2) is 0 Å². The Bertz CT molecular complexity index is 255. The molecule has 2 atom stereocenters. The van der Waals surface area contributed by atoms with Crippen molar-refractivity contribution in [2.24, 2.45) is 5.92 Å². The second-order valence-electron chi connectivity index (χ2n) is 6.51. The van der Waals surface area contributed by atoms with Crippen LogP contribution in [0.1, 0.15) is 46.5 Å². The highest BCUT2D eigenvalue weighted by molar-refractivity contribution is 8.00. The average molecular weight is 270 g/mol. The number of nitrogens with one attached hydrogen (secondary N) is 1. The summed E-state index contributed by atoms with van der Waals surface area (Å²) < 4.78 is 0.492. The van der Waals surface area contributed by atoms with E-state index in [9.17, 15) is 0 Å². The Hall–Kier alpha value is 0.270. The summed E-state index contributed by atoms with van der Waals surface area (Å²) in [6, 6.07) is 0.791. The summed E-state index contributed by atoms with van der Waals surface area (Å²) in [7, 11) is 0. The van der Waals surface area contributed by atoms with E-state index in [0.29, 0.717) is 4.75 Å². The zero-order valence-corrected chi connectivity index (χ0v) is 13.2. The van der Waals surface area contributed by atoms with E-state index in [1.165, 1.54) is 51.1 Å². The highest BCUT2D eigenvalue weighted by Gasteiger charge is 2.30. The Balaban J connectivity index is 1.81. The Morgan fingerprint density at radius 1 is 1.28 bits per heavy atom. The first kappa shape index (κ1) is 14.7. The van der Waals surface area contributed by atoms with E-state index in [1.807, 2.05) is 0 Å². The first-order chi connectivity index (χ1) is 8.61. The highest BCUT2D eigenvalue weighted by atomic mass is 32.2. The molecule has 0 amide bonds. The van der Waals surface area contributed by atoms with E-state index in [0.717, 1.165) is 18.5 Å². The Labute approximate surface area is 117 Å². The van der Waals surface area contributed by atoms with E-state index >= 15 is 0 Å². The number of nitrogens with zero attached hydrogens (tertiary/aromatic N) is 1. The molecule has 0 aromatic carbocycles. The van der Waals surface area contributed by atoms with E-state index in [-0.39, 0.29) is 0 Å². The van der Waals surface area contributed by atoms with Crippen molar-refractivity contribution >= 4 is 11.8 Å². The van der Waals surface area contributed by atoms with Crippen LogP contribution >= 0.6 is 11.8 Å². The third kappa shape index (κ3) is 4.14. The van der Waals surface area contributed by atoms with Crippen LogP contribution < -0.4 is 5.32 Å². The summed E-state index contributed by atoms with van der Waals surface area (Å²) in [6.45, 7) is 12.1.